The molecule has 1 aliphatic rings. The molecule has 0 aliphatic heterocycles. The number of hydrogen-bond acceptors (Lipinski definition) is 1. The summed E-state index contributed by atoms with van der Waals surface area (Å²) in [5, 5.41) is 10.8. The van der Waals surface area contributed by atoms with Gasteiger partial charge in [-0.2, -0.15) is 11.1 Å². The van der Waals surface area contributed by atoms with Gasteiger partial charge in [-0.15, -0.1) is 31.7 Å². The average Bonchev–Trinajstić information content (AvgIpc) is 2.69. The predicted molar refractivity (Wildman–Crippen MR) is 139 cm³/mol. The molecule has 0 saturated carbocycles. The van der Waals surface area contributed by atoms with Crippen molar-refractivity contribution in [3.8, 4) is 5.75 Å². The maximum atomic E-state index is 10.0. The van der Waals surface area contributed by atoms with Crippen LogP contribution in [0.4, 0.5) is 0 Å². The van der Waals surface area contributed by atoms with Crippen LogP contribution in [0.15, 0.2) is 16.7 Å². The van der Waals surface area contributed by atoms with Gasteiger partial charge in [0.1, 0.15) is 5.75 Å². The smallest absolute Gasteiger partial charge is 0.508 e. The summed E-state index contributed by atoms with van der Waals surface area (Å²) in [7, 11) is 3.56. The molecule has 0 heterocycles. The number of halogens is 2. The Morgan fingerprint density at radius 2 is 1.27 bits per heavy atom. The summed E-state index contributed by atoms with van der Waals surface area (Å²) in [6.45, 7) is 21.3. The van der Waals surface area contributed by atoms with E-state index in [4.69, 9.17) is 0 Å². The topological polar surface area (TPSA) is 20.2 Å². The zero-order chi connectivity index (χ0) is 19.0. The molecule has 1 unspecified atom stereocenters. The van der Waals surface area contributed by atoms with Crippen LogP contribution < -0.4 is 5.19 Å². The van der Waals surface area contributed by atoms with Crippen LogP contribution in [0.1, 0.15) is 70.7 Å². The fraction of sp³-hybridized carbons (Fsp3) is 0.500. The molecule has 1 aromatic rings. The van der Waals surface area contributed by atoms with E-state index in [-0.39, 0.29) is 77.8 Å². The van der Waals surface area contributed by atoms with Crippen LogP contribution in [0.5, 0.6) is 5.75 Å². The van der Waals surface area contributed by atoms with Gasteiger partial charge in [0.2, 0.25) is 0 Å². The Labute approximate surface area is 223 Å². The predicted octanol–water partition coefficient (Wildman–Crippen LogP) is 6.49. The van der Waals surface area contributed by atoms with Crippen molar-refractivity contribution in [2.75, 3.05) is 0 Å². The second-order valence-electron chi connectivity index (χ2n) is 8.02. The summed E-state index contributed by atoms with van der Waals surface area (Å²) in [6, 6.07) is 0. The summed E-state index contributed by atoms with van der Waals surface area (Å²) < 4.78 is 0. The van der Waals surface area contributed by atoms with E-state index < -0.39 is 0 Å². The first-order valence-corrected chi connectivity index (χ1v) is 9.13. The molecule has 0 saturated heterocycles. The first-order valence-electron chi connectivity index (χ1n) is 8.63. The molecule has 2 rings (SSSR count). The Balaban J connectivity index is -0.0000000857. The first kappa shape index (κ1) is 44.0. The molecule has 0 aromatic heterocycles. The van der Waals surface area contributed by atoms with Crippen LogP contribution in [0, 0.1) is 47.6 Å². The Hall–Kier alpha value is 0.228. The van der Waals surface area contributed by atoms with Crippen LogP contribution in [0.25, 0.3) is 0 Å². The third-order valence-electron chi connectivity index (χ3n) is 5.33. The molecule has 0 fully saturated rings. The van der Waals surface area contributed by atoms with Gasteiger partial charge in [-0.1, -0.05) is 47.5 Å². The second kappa shape index (κ2) is 16.8. The quantitative estimate of drug-likeness (QED) is 0.307. The number of allylic oxidation sites excluding steroid dienone is 4. The summed E-state index contributed by atoms with van der Waals surface area (Å²) in [4.78, 5) is 0. The van der Waals surface area contributed by atoms with Gasteiger partial charge >= 0.3 is 21.7 Å². The molecule has 8 radical (unpaired) electrons. The molecule has 0 amide bonds. The maximum Gasteiger partial charge on any atom is 3.00 e. The zero-order valence-corrected chi connectivity index (χ0v) is 26.0. The molecular weight excluding hydrogens is 479 g/mol. The fourth-order valence-electron chi connectivity index (χ4n) is 3.24. The van der Waals surface area contributed by atoms with Crippen molar-refractivity contribution in [3.63, 3.8) is 0 Å². The van der Waals surface area contributed by atoms with Gasteiger partial charge in [0, 0.05) is 11.0 Å². The van der Waals surface area contributed by atoms with E-state index in [1.165, 1.54) is 33.4 Å². The van der Waals surface area contributed by atoms with E-state index >= 15 is 0 Å². The number of benzene rings is 1. The Kier molecular flexibility index (Phi) is 24.6. The SMILES string of the molecule is CC1=[C-]C(C)C(C)=C1C.Cc1c(C)c(O)c([Si])c(C(C)(C)C)c1C.Cl.Cl.[CH3-].[CH3-].[Si].[Ti+3]. The molecular formula is C24H40Cl2OSi2Ti. The molecule has 0 spiro atoms. The van der Waals surface area contributed by atoms with Crippen LogP contribution in [-0.2, 0) is 27.1 Å². The summed E-state index contributed by atoms with van der Waals surface area (Å²) in [5.74, 6) is 0.935. The average molecular weight is 520 g/mol. The normalized spacial score (nSPS) is 14.1. The van der Waals surface area contributed by atoms with E-state index in [1.807, 2.05) is 6.92 Å². The maximum absolute atomic E-state index is 10.0. The van der Waals surface area contributed by atoms with Crippen molar-refractivity contribution in [1.29, 1.82) is 0 Å². The van der Waals surface area contributed by atoms with Crippen molar-refractivity contribution in [1.82, 2.24) is 0 Å². The van der Waals surface area contributed by atoms with Gasteiger partial charge in [0.25, 0.3) is 0 Å². The number of phenolic OH excluding ortho intramolecular Hbond substituents is 1. The molecule has 0 bridgehead atoms. The summed E-state index contributed by atoms with van der Waals surface area (Å²) in [6.07, 6.45) is 3.36. The van der Waals surface area contributed by atoms with Crippen LogP contribution in [0.3, 0.4) is 0 Å². The minimum Gasteiger partial charge on any atom is -0.508 e. The van der Waals surface area contributed by atoms with Gasteiger partial charge in [-0.25, -0.2) is 5.57 Å². The first-order chi connectivity index (χ1) is 10.8. The van der Waals surface area contributed by atoms with Crippen molar-refractivity contribution in [2.24, 2.45) is 5.92 Å². The van der Waals surface area contributed by atoms with Gasteiger partial charge in [-0.05, 0) is 53.6 Å². The Morgan fingerprint density at radius 1 is 0.867 bits per heavy atom. The third kappa shape index (κ3) is 9.79. The summed E-state index contributed by atoms with van der Waals surface area (Å²) in [5.41, 5.74) is 8.89. The number of phenols is 1. The zero-order valence-electron chi connectivity index (χ0n) is 20.8. The molecule has 30 heavy (non-hydrogen) atoms. The Morgan fingerprint density at radius 3 is 1.50 bits per heavy atom. The minimum absolute atomic E-state index is 0. The van der Waals surface area contributed by atoms with E-state index in [9.17, 15) is 5.11 Å². The van der Waals surface area contributed by atoms with E-state index in [2.05, 4.69) is 78.6 Å². The third-order valence-corrected chi connectivity index (χ3v) is 5.82. The van der Waals surface area contributed by atoms with Gasteiger partial charge in [0.05, 0.1) is 10.2 Å². The van der Waals surface area contributed by atoms with Crippen molar-refractivity contribution in [2.45, 2.75) is 74.7 Å². The monoisotopic (exact) mass is 518 g/mol. The van der Waals surface area contributed by atoms with Gasteiger partial charge in [-0.3, -0.25) is 6.08 Å². The standard InChI is InChI=1S/C13H19OSi.C9H13.2CH3.2ClH.Si.Ti/c1-7-8(2)10(13(4,5)6)12(15)11(14)9(7)3;1-6-5-7(2)9(4)8(6)3;;;;;;/h14H,1-6H3;6H,1-4H3;2*1H3;2*1H;;/q;3*-1;;;;+3. The second-order valence-corrected chi connectivity index (χ2v) is 8.52. The molecule has 6 heteroatoms. The molecule has 1 aromatic carbocycles. The van der Waals surface area contributed by atoms with Crippen LogP contribution in [-0.4, -0.2) is 26.3 Å². The van der Waals surface area contributed by atoms with E-state index in [0.29, 0.717) is 11.7 Å². The van der Waals surface area contributed by atoms with Crippen molar-refractivity contribution >= 4 is 51.2 Å². The number of rotatable bonds is 0. The van der Waals surface area contributed by atoms with E-state index in [1.54, 1.807) is 0 Å². The number of aromatic hydroxyl groups is 1. The van der Waals surface area contributed by atoms with E-state index in [0.717, 1.165) is 10.8 Å². The molecule has 1 atom stereocenters. The molecule has 1 N–H and O–H groups in total. The van der Waals surface area contributed by atoms with Crippen LogP contribution in [0.2, 0.25) is 0 Å². The summed E-state index contributed by atoms with van der Waals surface area (Å²) >= 11 is 0. The van der Waals surface area contributed by atoms with Crippen molar-refractivity contribution in [3.05, 3.63) is 59.9 Å². The number of hydrogen-bond donors (Lipinski definition) is 1. The molecule has 1 nitrogen and oxygen atoms in total. The van der Waals surface area contributed by atoms with Crippen LogP contribution >= 0.6 is 24.8 Å². The minimum atomic E-state index is 0. The molecule has 1 aliphatic carbocycles. The largest absolute Gasteiger partial charge is 3.00 e. The van der Waals surface area contributed by atoms with Gasteiger partial charge in [0.15, 0.2) is 0 Å². The van der Waals surface area contributed by atoms with Gasteiger partial charge < -0.3 is 20.0 Å². The fourth-order valence-corrected chi connectivity index (χ4v) is 3.99. The van der Waals surface area contributed by atoms with Crippen molar-refractivity contribution < 1.29 is 26.8 Å². The molecule has 168 valence electrons. The Bertz CT molecular complexity index is 692.